The van der Waals surface area contributed by atoms with E-state index in [1.54, 1.807) is 26.3 Å². The van der Waals surface area contributed by atoms with Crippen molar-refractivity contribution in [2.24, 2.45) is 0 Å². The van der Waals surface area contributed by atoms with E-state index < -0.39 is 0 Å². The number of aromatic nitrogens is 4. The summed E-state index contributed by atoms with van der Waals surface area (Å²) in [6.07, 6.45) is 4.26. The summed E-state index contributed by atoms with van der Waals surface area (Å²) in [5.74, 6) is 1.42. The zero-order chi connectivity index (χ0) is 25.9. The van der Waals surface area contributed by atoms with Gasteiger partial charge in [-0.3, -0.25) is 18.9 Å². The Hall–Kier alpha value is -4.44. The molecule has 10 heteroatoms. The number of imidazole rings is 1. The quantitative estimate of drug-likeness (QED) is 0.387. The number of nitrogen functional groups attached to an aromatic ring is 1. The van der Waals surface area contributed by atoms with E-state index in [1.165, 1.54) is 12.4 Å². The molecule has 1 amide bonds. The molecular weight excluding hydrogens is 470 g/mol. The Morgan fingerprint density at radius 1 is 1.16 bits per heavy atom. The van der Waals surface area contributed by atoms with Crippen molar-refractivity contribution in [3.05, 3.63) is 84.1 Å². The minimum absolute atomic E-state index is 0.165. The summed E-state index contributed by atoms with van der Waals surface area (Å²) >= 11 is 0. The van der Waals surface area contributed by atoms with Crippen molar-refractivity contribution in [2.75, 3.05) is 25.4 Å². The highest BCUT2D eigenvalue weighted by molar-refractivity contribution is 5.86. The standard InChI is InChI=1S/C27H29N7O3/c1-3-23(35)32(4-2)31-16-8-9-20(17-31)34-26-24(25(28)29-18-30-26)33(27(34)36)19-12-14-22(15-13-19)37-21-10-6-5-7-11-21/h3,5-7,10-15,18,20H,1,4,8-9,16-17H2,2H3,(H2,28,29,30). The molecule has 0 radical (unpaired) electrons. The minimum Gasteiger partial charge on any atom is -0.457 e. The second-order valence-electron chi connectivity index (χ2n) is 8.79. The van der Waals surface area contributed by atoms with Crippen LogP contribution in [0.25, 0.3) is 16.9 Å². The third-order valence-electron chi connectivity index (χ3n) is 6.56. The number of hydrogen-bond donors (Lipinski definition) is 1. The summed E-state index contributed by atoms with van der Waals surface area (Å²) in [4.78, 5) is 34.9. The highest BCUT2D eigenvalue weighted by Crippen LogP contribution is 2.29. The lowest BCUT2D eigenvalue weighted by molar-refractivity contribution is -0.146. The monoisotopic (exact) mass is 499 g/mol. The highest BCUT2D eigenvalue weighted by Gasteiger charge is 2.31. The molecule has 2 aromatic carbocycles. The summed E-state index contributed by atoms with van der Waals surface area (Å²) in [5.41, 5.74) is 7.55. The normalized spacial score (nSPS) is 16.0. The average molecular weight is 500 g/mol. The van der Waals surface area contributed by atoms with Gasteiger partial charge in [-0.15, -0.1) is 0 Å². The van der Waals surface area contributed by atoms with E-state index in [1.807, 2.05) is 54.4 Å². The molecule has 0 aliphatic carbocycles. The van der Waals surface area contributed by atoms with E-state index in [4.69, 9.17) is 10.5 Å². The van der Waals surface area contributed by atoms with Crippen molar-refractivity contribution in [1.82, 2.24) is 29.1 Å². The molecule has 0 spiro atoms. The Labute approximate surface area is 214 Å². The second-order valence-corrected chi connectivity index (χ2v) is 8.79. The number of carbonyl (C=O) groups excluding carboxylic acids is 1. The summed E-state index contributed by atoms with van der Waals surface area (Å²) in [5, 5.41) is 3.65. The Kier molecular flexibility index (Phi) is 6.74. The van der Waals surface area contributed by atoms with Crippen LogP contribution in [0.1, 0.15) is 25.8 Å². The molecule has 1 fully saturated rings. The fourth-order valence-electron chi connectivity index (χ4n) is 4.89. The van der Waals surface area contributed by atoms with E-state index in [9.17, 15) is 9.59 Å². The van der Waals surface area contributed by atoms with Gasteiger partial charge in [0.1, 0.15) is 23.3 Å². The predicted octanol–water partition coefficient (Wildman–Crippen LogP) is 3.54. The summed E-state index contributed by atoms with van der Waals surface area (Å²) in [6, 6.07) is 16.5. The Morgan fingerprint density at radius 3 is 2.59 bits per heavy atom. The first-order valence-corrected chi connectivity index (χ1v) is 12.3. The van der Waals surface area contributed by atoms with E-state index in [0.29, 0.717) is 35.7 Å². The molecule has 2 aromatic heterocycles. The molecule has 0 saturated carbocycles. The summed E-state index contributed by atoms with van der Waals surface area (Å²) in [6.45, 7) is 7.26. The van der Waals surface area contributed by atoms with Gasteiger partial charge in [-0.2, -0.15) is 0 Å². The van der Waals surface area contributed by atoms with Crippen LogP contribution in [0.5, 0.6) is 11.5 Å². The number of nitrogens with two attached hydrogens (primary N) is 1. The van der Waals surface area contributed by atoms with Crippen LogP contribution in [-0.4, -0.2) is 54.7 Å². The van der Waals surface area contributed by atoms with Gasteiger partial charge >= 0.3 is 5.69 Å². The molecule has 37 heavy (non-hydrogen) atoms. The maximum absolute atomic E-state index is 13.9. The first-order chi connectivity index (χ1) is 18.0. The lowest BCUT2D eigenvalue weighted by Crippen LogP contribution is -2.51. The van der Waals surface area contributed by atoms with Crippen LogP contribution in [0.15, 0.2) is 78.4 Å². The molecule has 1 saturated heterocycles. The van der Waals surface area contributed by atoms with Crippen LogP contribution in [0.2, 0.25) is 0 Å². The zero-order valence-electron chi connectivity index (χ0n) is 20.7. The van der Waals surface area contributed by atoms with E-state index in [0.717, 1.165) is 25.1 Å². The third kappa shape index (κ3) is 4.58. The molecule has 190 valence electrons. The largest absolute Gasteiger partial charge is 0.457 e. The molecule has 2 N–H and O–H groups in total. The third-order valence-corrected chi connectivity index (χ3v) is 6.56. The number of ether oxygens (including phenoxy) is 1. The molecule has 1 atom stereocenters. The Bertz CT molecular complexity index is 1480. The van der Waals surface area contributed by atoms with E-state index >= 15 is 0 Å². The van der Waals surface area contributed by atoms with Crippen LogP contribution in [0.4, 0.5) is 5.82 Å². The number of anilines is 1. The fraction of sp³-hybridized carbons (Fsp3) is 0.259. The maximum Gasteiger partial charge on any atom is 0.335 e. The van der Waals surface area contributed by atoms with Gasteiger partial charge in [0.2, 0.25) is 0 Å². The Balaban J connectivity index is 1.53. The first kappa shape index (κ1) is 24.3. The highest BCUT2D eigenvalue weighted by atomic mass is 16.5. The lowest BCUT2D eigenvalue weighted by atomic mass is 10.1. The van der Waals surface area contributed by atoms with Crippen LogP contribution in [0, 0.1) is 0 Å². The average Bonchev–Trinajstić information content (AvgIpc) is 3.23. The number of hydrogen-bond acceptors (Lipinski definition) is 7. The first-order valence-electron chi connectivity index (χ1n) is 12.3. The number of amides is 1. The SMILES string of the molecule is C=CC(=O)N(CC)N1CCCC(n2c(=O)n(-c3ccc(Oc4ccccc4)cc3)c3c(N)ncnc32)C1. The summed E-state index contributed by atoms with van der Waals surface area (Å²) in [7, 11) is 0. The van der Waals surface area contributed by atoms with Crippen LogP contribution >= 0.6 is 0 Å². The van der Waals surface area contributed by atoms with Gasteiger partial charge in [0.25, 0.3) is 5.91 Å². The molecule has 5 rings (SSSR count). The molecule has 4 aromatic rings. The number of fused-ring (bicyclic) bond motifs is 1. The smallest absolute Gasteiger partial charge is 0.335 e. The van der Waals surface area contributed by atoms with E-state index in [2.05, 4.69) is 16.5 Å². The molecule has 1 aliphatic rings. The second kappa shape index (κ2) is 10.3. The Morgan fingerprint density at radius 2 is 1.89 bits per heavy atom. The molecule has 1 unspecified atom stereocenters. The van der Waals surface area contributed by atoms with Gasteiger partial charge in [0.15, 0.2) is 11.5 Å². The number of benzene rings is 2. The van der Waals surface area contributed by atoms with Crippen LogP contribution < -0.4 is 16.2 Å². The van der Waals surface area contributed by atoms with Gasteiger partial charge in [-0.1, -0.05) is 24.8 Å². The number of para-hydroxylation sites is 1. The maximum atomic E-state index is 13.9. The molecular formula is C27H29N7O3. The zero-order valence-corrected chi connectivity index (χ0v) is 20.7. The summed E-state index contributed by atoms with van der Waals surface area (Å²) < 4.78 is 9.12. The van der Waals surface area contributed by atoms with Gasteiger partial charge in [-0.25, -0.2) is 19.8 Å². The van der Waals surface area contributed by atoms with Gasteiger partial charge in [0.05, 0.1) is 11.7 Å². The van der Waals surface area contributed by atoms with Crippen molar-refractivity contribution in [1.29, 1.82) is 0 Å². The van der Waals surface area contributed by atoms with E-state index in [-0.39, 0.29) is 23.5 Å². The number of carbonyl (C=O) groups is 1. The van der Waals surface area contributed by atoms with Gasteiger partial charge < -0.3 is 10.5 Å². The van der Waals surface area contributed by atoms with Crippen molar-refractivity contribution >= 4 is 22.9 Å². The molecule has 1 aliphatic heterocycles. The van der Waals surface area contributed by atoms with Crippen LogP contribution in [0.3, 0.4) is 0 Å². The van der Waals surface area contributed by atoms with Gasteiger partial charge in [0, 0.05) is 19.6 Å². The predicted molar refractivity (Wildman–Crippen MR) is 141 cm³/mol. The van der Waals surface area contributed by atoms with Crippen molar-refractivity contribution in [3.8, 4) is 17.2 Å². The number of rotatable bonds is 7. The number of likely N-dealkylation sites (N-methyl/N-ethyl adjacent to an activating group) is 1. The van der Waals surface area contributed by atoms with Crippen molar-refractivity contribution in [2.45, 2.75) is 25.8 Å². The number of nitrogens with zero attached hydrogens (tertiary/aromatic N) is 6. The van der Waals surface area contributed by atoms with Crippen molar-refractivity contribution in [3.63, 3.8) is 0 Å². The molecule has 0 bridgehead atoms. The van der Waals surface area contributed by atoms with Gasteiger partial charge in [-0.05, 0) is 62.2 Å². The minimum atomic E-state index is -0.260. The topological polar surface area (TPSA) is 112 Å². The molecule has 10 nitrogen and oxygen atoms in total. The number of piperidine rings is 1. The lowest BCUT2D eigenvalue weighted by Gasteiger charge is -2.39. The molecule has 3 heterocycles. The van der Waals surface area contributed by atoms with Crippen molar-refractivity contribution < 1.29 is 9.53 Å². The number of hydrazine groups is 1. The fourth-order valence-corrected chi connectivity index (χ4v) is 4.89. The van der Waals surface area contributed by atoms with Crippen LogP contribution in [-0.2, 0) is 4.79 Å².